The van der Waals surface area contributed by atoms with Crippen LogP contribution in [0, 0.1) is 23.7 Å². The quantitative estimate of drug-likeness (QED) is 0.364. The second-order valence-electron chi connectivity index (χ2n) is 10.3. The largest absolute Gasteiger partial charge is 0.481 e. The van der Waals surface area contributed by atoms with Gasteiger partial charge in [0.1, 0.15) is 0 Å². The average Bonchev–Trinajstić information content (AvgIpc) is 3.56. The summed E-state index contributed by atoms with van der Waals surface area (Å²) in [6, 6.07) is 16.5. The molecule has 6 heteroatoms. The van der Waals surface area contributed by atoms with Gasteiger partial charge >= 0.3 is 11.9 Å². The monoisotopic (exact) mass is 478 g/mol. The molecule has 0 bridgehead atoms. The molecule has 1 saturated carbocycles. The summed E-state index contributed by atoms with van der Waals surface area (Å²) >= 11 is 0. The summed E-state index contributed by atoms with van der Waals surface area (Å²) in [7, 11) is 0. The Morgan fingerprint density at radius 1 is 0.800 bits per heavy atom. The van der Waals surface area contributed by atoms with Gasteiger partial charge in [0.2, 0.25) is 0 Å². The molecule has 4 N–H and O–H groups in total. The molecule has 2 aromatic rings. The Hall–Kier alpha value is -2.70. The van der Waals surface area contributed by atoms with Gasteiger partial charge in [-0.2, -0.15) is 0 Å². The van der Waals surface area contributed by atoms with Crippen molar-refractivity contribution in [1.82, 2.24) is 10.6 Å². The van der Waals surface area contributed by atoms with Crippen molar-refractivity contribution in [2.75, 3.05) is 13.1 Å². The van der Waals surface area contributed by atoms with E-state index in [9.17, 15) is 19.8 Å². The highest BCUT2D eigenvalue weighted by molar-refractivity contribution is 5.71. The Labute approximate surface area is 208 Å². The zero-order valence-electron chi connectivity index (χ0n) is 20.4. The molecular weight excluding hydrogens is 440 g/mol. The molecular formula is C29H38N2O4. The molecule has 0 unspecified atom stereocenters. The van der Waals surface area contributed by atoms with E-state index in [2.05, 4.69) is 34.9 Å². The third kappa shape index (κ3) is 7.15. The van der Waals surface area contributed by atoms with E-state index >= 15 is 0 Å². The molecule has 3 atom stereocenters. The van der Waals surface area contributed by atoms with Gasteiger partial charge in [-0.25, -0.2) is 0 Å². The van der Waals surface area contributed by atoms with Gasteiger partial charge in [-0.05, 0) is 79.3 Å². The van der Waals surface area contributed by atoms with Crippen LogP contribution in [0.4, 0.5) is 0 Å². The van der Waals surface area contributed by atoms with Gasteiger partial charge in [0.15, 0.2) is 0 Å². The molecule has 0 aromatic heterocycles. The van der Waals surface area contributed by atoms with Gasteiger partial charge in [0.05, 0.1) is 11.8 Å². The van der Waals surface area contributed by atoms with E-state index in [1.807, 2.05) is 24.3 Å². The maximum atomic E-state index is 11.9. The van der Waals surface area contributed by atoms with Crippen LogP contribution >= 0.6 is 0 Å². The maximum Gasteiger partial charge on any atom is 0.307 e. The number of hydrogen-bond donors (Lipinski definition) is 4. The van der Waals surface area contributed by atoms with Crippen LogP contribution in [-0.2, 0) is 35.5 Å². The summed E-state index contributed by atoms with van der Waals surface area (Å²) in [4.78, 5) is 23.7. The Bertz CT molecular complexity index is 916. The highest BCUT2D eigenvalue weighted by Gasteiger charge is 2.31. The van der Waals surface area contributed by atoms with Gasteiger partial charge in [-0.1, -0.05) is 61.4 Å². The number of rotatable bonds is 12. The molecule has 2 fully saturated rings. The molecule has 6 nitrogen and oxygen atoms in total. The van der Waals surface area contributed by atoms with Crippen LogP contribution in [0.1, 0.15) is 54.4 Å². The number of nitrogens with one attached hydrogen (secondary N) is 2. The van der Waals surface area contributed by atoms with Crippen LogP contribution < -0.4 is 10.6 Å². The standard InChI is InChI=1S/C29H38N2O4/c32-28(33)26(24-9-1-2-10-24)15-20-5-3-7-22(13-20)17-31-18-23-8-4-6-21(14-23)16-27(29(34)35)25-11-12-30-19-25/h3-8,13-14,24-27,30-31H,1-2,9-12,15-19H2,(H,32,33)(H,34,35)/t25-,26-,27-/m0/s1. The number of carboxylic acid groups (broad SMARTS) is 2. The van der Waals surface area contributed by atoms with E-state index in [0.717, 1.165) is 67.4 Å². The second-order valence-corrected chi connectivity index (χ2v) is 10.3. The molecule has 0 spiro atoms. The topological polar surface area (TPSA) is 98.7 Å². The van der Waals surface area contributed by atoms with Crippen molar-refractivity contribution in [1.29, 1.82) is 0 Å². The smallest absolute Gasteiger partial charge is 0.307 e. The van der Waals surface area contributed by atoms with Gasteiger partial charge in [0.25, 0.3) is 0 Å². The highest BCUT2D eigenvalue weighted by atomic mass is 16.4. The van der Waals surface area contributed by atoms with Crippen molar-refractivity contribution in [2.45, 2.75) is 58.0 Å². The molecule has 188 valence electrons. The Morgan fingerprint density at radius 2 is 1.31 bits per heavy atom. The van der Waals surface area contributed by atoms with Crippen molar-refractivity contribution in [3.05, 3.63) is 70.8 Å². The summed E-state index contributed by atoms with van der Waals surface area (Å²) in [6.45, 7) is 3.08. The van der Waals surface area contributed by atoms with E-state index in [-0.39, 0.29) is 17.8 Å². The molecule has 2 aromatic carbocycles. The van der Waals surface area contributed by atoms with Crippen molar-refractivity contribution >= 4 is 11.9 Å². The van der Waals surface area contributed by atoms with Crippen LogP contribution in [-0.4, -0.2) is 35.2 Å². The fraction of sp³-hybridized carbons (Fsp3) is 0.517. The lowest BCUT2D eigenvalue weighted by molar-refractivity contribution is -0.144. The lowest BCUT2D eigenvalue weighted by Gasteiger charge is -2.19. The first-order valence-electron chi connectivity index (χ1n) is 13.0. The summed E-state index contributed by atoms with van der Waals surface area (Å²) < 4.78 is 0. The van der Waals surface area contributed by atoms with E-state index < -0.39 is 11.9 Å². The van der Waals surface area contributed by atoms with Crippen molar-refractivity contribution < 1.29 is 19.8 Å². The molecule has 35 heavy (non-hydrogen) atoms. The Kier molecular flexibility index (Phi) is 8.94. The lowest BCUT2D eigenvalue weighted by atomic mass is 9.85. The zero-order chi connectivity index (χ0) is 24.6. The highest BCUT2D eigenvalue weighted by Crippen LogP contribution is 2.33. The van der Waals surface area contributed by atoms with Gasteiger partial charge < -0.3 is 20.8 Å². The van der Waals surface area contributed by atoms with Gasteiger partial charge in [-0.15, -0.1) is 0 Å². The minimum atomic E-state index is -0.708. The number of carbonyl (C=O) groups is 2. The third-order valence-corrected chi connectivity index (χ3v) is 7.82. The minimum Gasteiger partial charge on any atom is -0.481 e. The SMILES string of the molecule is O=C(O)[C@@H](Cc1cccc(CNCc2cccc(C[C@H](C(=O)O)[C@H]3CCNC3)c2)c1)C1CCCC1. The normalized spacial score (nSPS) is 20.1. The molecule has 1 aliphatic heterocycles. The molecule has 4 rings (SSSR count). The number of benzene rings is 2. The Morgan fingerprint density at radius 3 is 1.80 bits per heavy atom. The average molecular weight is 479 g/mol. The van der Waals surface area contributed by atoms with E-state index in [1.54, 1.807) is 0 Å². The number of hydrogen-bond acceptors (Lipinski definition) is 4. The van der Waals surface area contributed by atoms with Gasteiger partial charge in [-0.3, -0.25) is 9.59 Å². The molecule has 0 amide bonds. The number of carboxylic acids is 2. The minimum absolute atomic E-state index is 0.191. The predicted octanol–water partition coefficient (Wildman–Crippen LogP) is 4.26. The second kappa shape index (κ2) is 12.3. The summed E-state index contributed by atoms with van der Waals surface area (Å²) in [5.74, 6) is -1.54. The summed E-state index contributed by atoms with van der Waals surface area (Å²) in [5, 5.41) is 26.3. The fourth-order valence-electron chi connectivity index (χ4n) is 5.88. The Balaban J connectivity index is 1.31. The zero-order valence-corrected chi connectivity index (χ0v) is 20.4. The third-order valence-electron chi connectivity index (χ3n) is 7.82. The van der Waals surface area contributed by atoms with Crippen LogP contribution in [0.2, 0.25) is 0 Å². The summed E-state index contributed by atoms with van der Waals surface area (Å²) in [5.41, 5.74) is 4.44. The first kappa shape index (κ1) is 25.4. The van der Waals surface area contributed by atoms with Gasteiger partial charge in [0, 0.05) is 13.1 Å². The molecule has 1 heterocycles. The van der Waals surface area contributed by atoms with E-state index in [0.29, 0.717) is 31.8 Å². The molecule has 0 radical (unpaired) electrons. The molecule has 1 aliphatic carbocycles. The van der Waals surface area contributed by atoms with Crippen LogP contribution in [0.15, 0.2) is 48.5 Å². The van der Waals surface area contributed by atoms with Crippen LogP contribution in [0.5, 0.6) is 0 Å². The maximum absolute atomic E-state index is 11.9. The first-order chi connectivity index (χ1) is 17.0. The lowest BCUT2D eigenvalue weighted by Crippen LogP contribution is -2.27. The van der Waals surface area contributed by atoms with E-state index in [1.165, 1.54) is 0 Å². The van der Waals surface area contributed by atoms with Crippen LogP contribution in [0.3, 0.4) is 0 Å². The van der Waals surface area contributed by atoms with Crippen molar-refractivity contribution in [3.8, 4) is 0 Å². The van der Waals surface area contributed by atoms with Crippen molar-refractivity contribution in [3.63, 3.8) is 0 Å². The first-order valence-corrected chi connectivity index (χ1v) is 13.0. The van der Waals surface area contributed by atoms with Crippen LogP contribution in [0.25, 0.3) is 0 Å². The predicted molar refractivity (Wildman–Crippen MR) is 136 cm³/mol. The van der Waals surface area contributed by atoms with Crippen molar-refractivity contribution in [2.24, 2.45) is 23.7 Å². The fourth-order valence-corrected chi connectivity index (χ4v) is 5.88. The molecule has 1 saturated heterocycles. The molecule has 2 aliphatic rings. The number of aliphatic carboxylic acids is 2. The summed E-state index contributed by atoms with van der Waals surface area (Å²) in [6.07, 6.45) is 6.43. The van der Waals surface area contributed by atoms with E-state index in [4.69, 9.17) is 0 Å².